The van der Waals surface area contributed by atoms with Crippen molar-refractivity contribution in [1.82, 2.24) is 4.57 Å². The minimum atomic E-state index is -1.46. The van der Waals surface area contributed by atoms with Gasteiger partial charge in [-0.15, -0.1) is 0 Å². The lowest BCUT2D eigenvalue weighted by molar-refractivity contribution is -0.385. The van der Waals surface area contributed by atoms with Crippen molar-refractivity contribution in [3.8, 4) is 0 Å². The maximum Gasteiger partial charge on any atom is 0.285 e. The summed E-state index contributed by atoms with van der Waals surface area (Å²) < 4.78 is 5.95. The number of rotatable bonds is 3. The molecule has 2 unspecified atom stereocenters. The van der Waals surface area contributed by atoms with Gasteiger partial charge in [0.05, 0.1) is 17.7 Å². The van der Waals surface area contributed by atoms with Crippen molar-refractivity contribution < 1.29 is 25.0 Å². The average molecular weight is 272 g/mol. The molecule has 2 rings (SSSR count). The summed E-state index contributed by atoms with van der Waals surface area (Å²) in [6, 6.07) is 1.99. The molecule has 0 aliphatic carbocycles. The maximum absolute atomic E-state index is 11.6. The van der Waals surface area contributed by atoms with Crippen molar-refractivity contribution in [2.24, 2.45) is 0 Å². The predicted octanol–water partition coefficient (Wildman–Crippen LogP) is -1.63. The van der Waals surface area contributed by atoms with Gasteiger partial charge in [0, 0.05) is 12.1 Å². The van der Waals surface area contributed by atoms with Gasteiger partial charge in [0.25, 0.3) is 11.2 Å². The molecule has 9 nitrogen and oxygen atoms in total. The molecule has 0 bridgehead atoms. The van der Waals surface area contributed by atoms with E-state index >= 15 is 0 Å². The van der Waals surface area contributed by atoms with Crippen LogP contribution >= 0.6 is 0 Å². The van der Waals surface area contributed by atoms with Crippen LogP contribution in [0.3, 0.4) is 0 Å². The number of nitro groups is 1. The molecular weight excluding hydrogens is 260 g/mol. The number of pyridine rings is 1. The Bertz CT molecular complexity index is 543. The molecule has 0 amide bonds. The van der Waals surface area contributed by atoms with E-state index in [1.807, 2.05) is 0 Å². The van der Waals surface area contributed by atoms with Crippen LogP contribution in [0.15, 0.2) is 23.1 Å². The van der Waals surface area contributed by atoms with Gasteiger partial charge in [0.2, 0.25) is 0 Å². The van der Waals surface area contributed by atoms with Crippen LogP contribution in [-0.4, -0.2) is 49.7 Å². The zero-order valence-electron chi connectivity index (χ0n) is 9.62. The minimum Gasteiger partial charge on any atom is -0.394 e. The summed E-state index contributed by atoms with van der Waals surface area (Å²) in [6.07, 6.45) is -4.24. The third-order valence-electron chi connectivity index (χ3n) is 2.92. The Labute approximate surface area is 106 Å². The second-order valence-electron chi connectivity index (χ2n) is 4.12. The monoisotopic (exact) mass is 272 g/mol. The van der Waals surface area contributed by atoms with Crippen LogP contribution in [0.2, 0.25) is 0 Å². The van der Waals surface area contributed by atoms with Crippen LogP contribution in [0.4, 0.5) is 5.69 Å². The molecule has 0 aromatic carbocycles. The Hall–Kier alpha value is -1.81. The van der Waals surface area contributed by atoms with E-state index in [0.29, 0.717) is 0 Å². The number of aliphatic hydroxyl groups is 3. The smallest absolute Gasteiger partial charge is 0.285 e. The summed E-state index contributed by atoms with van der Waals surface area (Å²) in [7, 11) is 0. The van der Waals surface area contributed by atoms with Gasteiger partial charge in [-0.25, -0.2) is 0 Å². The van der Waals surface area contributed by atoms with Gasteiger partial charge in [0.15, 0.2) is 6.23 Å². The number of aromatic nitrogens is 1. The molecule has 1 aromatic heterocycles. The van der Waals surface area contributed by atoms with E-state index in [-0.39, 0.29) is 5.69 Å². The zero-order valence-corrected chi connectivity index (χ0v) is 9.62. The second kappa shape index (κ2) is 5.05. The molecule has 104 valence electrons. The number of aliphatic hydroxyl groups excluding tert-OH is 3. The van der Waals surface area contributed by atoms with Crippen LogP contribution in [0, 0.1) is 10.1 Å². The molecule has 19 heavy (non-hydrogen) atoms. The van der Waals surface area contributed by atoms with Crippen molar-refractivity contribution in [3.05, 3.63) is 38.8 Å². The van der Waals surface area contributed by atoms with E-state index in [9.17, 15) is 25.1 Å². The van der Waals surface area contributed by atoms with Crippen LogP contribution in [0.1, 0.15) is 6.23 Å². The first kappa shape index (κ1) is 13.6. The number of hydrogen-bond donors (Lipinski definition) is 3. The Morgan fingerprint density at radius 3 is 2.58 bits per heavy atom. The summed E-state index contributed by atoms with van der Waals surface area (Å²) in [4.78, 5) is 21.6. The van der Waals surface area contributed by atoms with Gasteiger partial charge in [0.1, 0.15) is 18.3 Å². The SMILES string of the molecule is O=c1ccc([N+](=O)[O-])cn1C1O[C@H](CO)[C@H](O)C1O. The van der Waals surface area contributed by atoms with Gasteiger partial charge in [-0.3, -0.25) is 19.5 Å². The first-order valence-corrected chi connectivity index (χ1v) is 5.44. The summed E-state index contributed by atoms with van der Waals surface area (Å²) in [6.45, 7) is -0.543. The summed E-state index contributed by atoms with van der Waals surface area (Å²) >= 11 is 0. The fourth-order valence-corrected chi connectivity index (χ4v) is 1.91. The number of ether oxygens (including phenoxy) is 1. The molecule has 3 N–H and O–H groups in total. The third-order valence-corrected chi connectivity index (χ3v) is 2.92. The Morgan fingerprint density at radius 2 is 2.05 bits per heavy atom. The lowest BCUT2D eigenvalue weighted by Crippen LogP contribution is -2.35. The van der Waals surface area contributed by atoms with E-state index in [4.69, 9.17) is 9.84 Å². The van der Waals surface area contributed by atoms with Gasteiger partial charge in [-0.2, -0.15) is 0 Å². The average Bonchev–Trinajstić information content (AvgIpc) is 2.66. The van der Waals surface area contributed by atoms with Crippen molar-refractivity contribution in [3.63, 3.8) is 0 Å². The largest absolute Gasteiger partial charge is 0.394 e. The fourth-order valence-electron chi connectivity index (χ4n) is 1.91. The standard InChI is InChI=1S/C10H12N2O7/c13-4-6-8(15)9(16)10(19-6)11-3-5(12(17)18)1-2-7(11)14/h1-3,6,8-10,13,15-16H,4H2/t6-,8+,9?,10?/m1/s1. The Kier molecular flexibility index (Phi) is 3.62. The number of hydrogen-bond acceptors (Lipinski definition) is 7. The van der Waals surface area contributed by atoms with Gasteiger partial charge in [-0.1, -0.05) is 0 Å². The lowest BCUT2D eigenvalue weighted by Gasteiger charge is -2.16. The molecule has 0 saturated carbocycles. The summed E-state index contributed by atoms with van der Waals surface area (Å²) in [5.74, 6) is 0. The van der Waals surface area contributed by atoms with E-state index in [1.54, 1.807) is 0 Å². The zero-order chi connectivity index (χ0) is 14.2. The highest BCUT2D eigenvalue weighted by atomic mass is 16.6. The van der Waals surface area contributed by atoms with E-state index in [2.05, 4.69) is 0 Å². The fraction of sp³-hybridized carbons (Fsp3) is 0.500. The van der Waals surface area contributed by atoms with E-state index < -0.39 is 41.6 Å². The normalized spacial score (nSPS) is 30.5. The molecule has 0 spiro atoms. The summed E-state index contributed by atoms with van der Waals surface area (Å²) in [5, 5.41) is 38.9. The molecule has 1 aliphatic heterocycles. The van der Waals surface area contributed by atoms with Crippen molar-refractivity contribution in [2.75, 3.05) is 6.61 Å². The Balaban J connectivity index is 2.39. The van der Waals surface area contributed by atoms with Crippen molar-refractivity contribution in [1.29, 1.82) is 0 Å². The highest BCUT2D eigenvalue weighted by molar-refractivity contribution is 5.25. The minimum absolute atomic E-state index is 0.350. The van der Waals surface area contributed by atoms with Gasteiger partial charge < -0.3 is 20.1 Å². The van der Waals surface area contributed by atoms with Crippen molar-refractivity contribution in [2.45, 2.75) is 24.5 Å². The predicted molar refractivity (Wildman–Crippen MR) is 60.4 cm³/mol. The first-order chi connectivity index (χ1) is 8.95. The molecule has 2 heterocycles. The van der Waals surface area contributed by atoms with Crippen LogP contribution in [0.5, 0.6) is 0 Å². The van der Waals surface area contributed by atoms with Gasteiger partial charge in [-0.05, 0) is 0 Å². The second-order valence-corrected chi connectivity index (χ2v) is 4.12. The van der Waals surface area contributed by atoms with Gasteiger partial charge >= 0.3 is 0 Å². The molecule has 1 fully saturated rings. The van der Waals surface area contributed by atoms with E-state index in [0.717, 1.165) is 22.9 Å². The van der Waals surface area contributed by atoms with Crippen LogP contribution in [-0.2, 0) is 4.74 Å². The highest BCUT2D eigenvalue weighted by Gasteiger charge is 2.43. The lowest BCUT2D eigenvalue weighted by atomic mass is 10.1. The van der Waals surface area contributed by atoms with Crippen molar-refractivity contribution >= 4 is 5.69 Å². The molecule has 1 aromatic rings. The quantitative estimate of drug-likeness (QED) is 0.444. The Morgan fingerprint density at radius 1 is 1.37 bits per heavy atom. The molecule has 1 saturated heterocycles. The molecule has 4 atom stereocenters. The van der Waals surface area contributed by atoms with Crippen LogP contribution < -0.4 is 5.56 Å². The molecule has 9 heteroatoms. The van der Waals surface area contributed by atoms with Crippen LogP contribution in [0.25, 0.3) is 0 Å². The molecular formula is C10H12N2O7. The topological polar surface area (TPSA) is 135 Å². The molecule has 0 radical (unpaired) electrons. The number of nitrogens with zero attached hydrogens (tertiary/aromatic N) is 2. The first-order valence-electron chi connectivity index (χ1n) is 5.44. The maximum atomic E-state index is 11.6. The van der Waals surface area contributed by atoms with E-state index in [1.165, 1.54) is 0 Å². The third kappa shape index (κ3) is 2.36. The summed E-state index contributed by atoms with van der Waals surface area (Å²) in [5.41, 5.74) is -0.974. The molecule has 1 aliphatic rings. The highest BCUT2D eigenvalue weighted by Crippen LogP contribution is 2.28.